The van der Waals surface area contributed by atoms with E-state index in [0.29, 0.717) is 20.9 Å². The zero-order valence-corrected chi connectivity index (χ0v) is 16.2. The van der Waals surface area contributed by atoms with Crippen molar-refractivity contribution >= 4 is 34.0 Å². The smallest absolute Gasteiger partial charge is 0.266 e. The first-order valence-corrected chi connectivity index (χ1v) is 9.26. The predicted octanol–water partition coefficient (Wildman–Crippen LogP) is 4.88. The molecule has 7 heteroatoms. The van der Waals surface area contributed by atoms with Crippen LogP contribution >= 0.6 is 22.9 Å². The summed E-state index contributed by atoms with van der Waals surface area (Å²) in [6.07, 6.45) is -0.653. The Labute approximate surface area is 161 Å². The largest absolute Gasteiger partial charge is 0.481 e. The van der Waals surface area contributed by atoms with Crippen molar-refractivity contribution in [2.24, 2.45) is 0 Å². The van der Waals surface area contributed by atoms with Gasteiger partial charge in [0.1, 0.15) is 10.8 Å². The van der Waals surface area contributed by atoms with E-state index in [9.17, 15) is 4.79 Å². The first-order valence-electron chi connectivity index (χ1n) is 8.06. The highest BCUT2D eigenvalue weighted by molar-refractivity contribution is 7.18. The van der Waals surface area contributed by atoms with Crippen molar-refractivity contribution in [1.29, 1.82) is 0 Å². The molecule has 2 aromatic carbocycles. The average molecular weight is 388 g/mol. The summed E-state index contributed by atoms with van der Waals surface area (Å²) >= 11 is 7.18. The van der Waals surface area contributed by atoms with E-state index in [1.54, 1.807) is 19.1 Å². The zero-order valence-electron chi connectivity index (χ0n) is 14.6. The van der Waals surface area contributed by atoms with E-state index in [2.05, 4.69) is 15.5 Å². The van der Waals surface area contributed by atoms with Crippen LogP contribution in [0, 0.1) is 13.8 Å². The number of benzene rings is 2. The van der Waals surface area contributed by atoms with E-state index in [1.807, 2.05) is 44.2 Å². The van der Waals surface area contributed by atoms with Crippen LogP contribution in [0.1, 0.15) is 18.1 Å². The Morgan fingerprint density at radius 2 is 1.85 bits per heavy atom. The van der Waals surface area contributed by atoms with Gasteiger partial charge in [-0.15, -0.1) is 10.2 Å². The molecule has 0 saturated carbocycles. The van der Waals surface area contributed by atoms with Crippen LogP contribution in [-0.2, 0) is 4.79 Å². The molecule has 1 N–H and O–H groups in total. The van der Waals surface area contributed by atoms with Gasteiger partial charge in [0.25, 0.3) is 5.91 Å². The minimum atomic E-state index is -0.653. The lowest BCUT2D eigenvalue weighted by Crippen LogP contribution is -2.30. The molecule has 1 aromatic heterocycles. The van der Waals surface area contributed by atoms with Crippen molar-refractivity contribution in [3.63, 3.8) is 0 Å². The minimum absolute atomic E-state index is 0.276. The molecule has 134 valence electrons. The van der Waals surface area contributed by atoms with Gasteiger partial charge in [0.15, 0.2) is 6.10 Å². The number of ether oxygens (including phenoxy) is 1. The number of nitrogens with one attached hydrogen (secondary N) is 1. The monoisotopic (exact) mass is 387 g/mol. The molecule has 1 amide bonds. The quantitative estimate of drug-likeness (QED) is 0.677. The van der Waals surface area contributed by atoms with E-state index in [1.165, 1.54) is 16.9 Å². The maximum Gasteiger partial charge on any atom is 0.266 e. The Morgan fingerprint density at radius 1 is 1.12 bits per heavy atom. The number of carbonyl (C=O) groups excluding carboxylic acids is 1. The third-order valence-electron chi connectivity index (χ3n) is 3.91. The summed E-state index contributed by atoms with van der Waals surface area (Å²) in [6.45, 7) is 5.74. The highest BCUT2D eigenvalue weighted by Gasteiger charge is 2.17. The molecule has 0 aliphatic heterocycles. The van der Waals surface area contributed by atoms with Crippen molar-refractivity contribution < 1.29 is 9.53 Å². The molecule has 1 atom stereocenters. The van der Waals surface area contributed by atoms with Gasteiger partial charge in [-0.3, -0.25) is 10.1 Å². The second kappa shape index (κ2) is 7.85. The maximum absolute atomic E-state index is 12.3. The molecule has 1 heterocycles. The summed E-state index contributed by atoms with van der Waals surface area (Å²) in [5.74, 6) is 0.386. The third kappa shape index (κ3) is 4.39. The van der Waals surface area contributed by atoms with E-state index >= 15 is 0 Å². The maximum atomic E-state index is 12.3. The van der Waals surface area contributed by atoms with Gasteiger partial charge in [0.2, 0.25) is 5.13 Å². The van der Waals surface area contributed by atoms with Crippen LogP contribution in [0.15, 0.2) is 42.5 Å². The van der Waals surface area contributed by atoms with Gasteiger partial charge in [0.05, 0.1) is 0 Å². The van der Waals surface area contributed by atoms with Crippen LogP contribution in [0.25, 0.3) is 10.6 Å². The highest BCUT2D eigenvalue weighted by atomic mass is 35.5. The van der Waals surface area contributed by atoms with Crippen molar-refractivity contribution in [2.45, 2.75) is 26.9 Å². The summed E-state index contributed by atoms with van der Waals surface area (Å²) in [6, 6.07) is 13.0. The van der Waals surface area contributed by atoms with E-state index in [0.717, 1.165) is 11.1 Å². The second-order valence-electron chi connectivity index (χ2n) is 5.91. The number of aryl methyl sites for hydroxylation is 2. The summed E-state index contributed by atoms with van der Waals surface area (Å²) in [5.41, 5.74) is 3.19. The summed E-state index contributed by atoms with van der Waals surface area (Å²) < 4.78 is 5.72. The number of nitrogens with zero attached hydrogens (tertiary/aromatic N) is 2. The number of carbonyl (C=O) groups is 1. The second-order valence-corrected chi connectivity index (χ2v) is 7.33. The Bertz CT molecular complexity index is 925. The average Bonchev–Trinajstić information content (AvgIpc) is 3.07. The van der Waals surface area contributed by atoms with Crippen LogP contribution in [0.4, 0.5) is 5.13 Å². The lowest BCUT2D eigenvalue weighted by atomic mass is 10.1. The summed E-state index contributed by atoms with van der Waals surface area (Å²) in [7, 11) is 0. The number of hydrogen-bond acceptors (Lipinski definition) is 5. The van der Waals surface area contributed by atoms with Crippen molar-refractivity contribution in [3.8, 4) is 16.3 Å². The van der Waals surface area contributed by atoms with Gasteiger partial charge in [-0.2, -0.15) is 0 Å². The fraction of sp³-hybridized carbons (Fsp3) is 0.211. The Hall–Kier alpha value is -2.44. The fourth-order valence-corrected chi connectivity index (χ4v) is 3.11. The minimum Gasteiger partial charge on any atom is -0.481 e. The van der Waals surface area contributed by atoms with Gasteiger partial charge in [-0.25, -0.2) is 0 Å². The summed E-state index contributed by atoms with van der Waals surface area (Å²) in [5, 5.41) is 12.7. The molecule has 3 aromatic rings. The van der Waals surface area contributed by atoms with Crippen molar-refractivity contribution in [3.05, 3.63) is 58.6 Å². The SMILES string of the molecule is Cc1ccc(OC(C)C(=O)Nc2nnc(-c3ccc(Cl)cc3)s2)cc1C. The van der Waals surface area contributed by atoms with Crippen molar-refractivity contribution in [2.75, 3.05) is 5.32 Å². The van der Waals surface area contributed by atoms with Gasteiger partial charge >= 0.3 is 0 Å². The normalized spacial score (nSPS) is 11.8. The lowest BCUT2D eigenvalue weighted by Gasteiger charge is -2.14. The van der Waals surface area contributed by atoms with Crippen molar-refractivity contribution in [1.82, 2.24) is 10.2 Å². The van der Waals surface area contributed by atoms with E-state index in [-0.39, 0.29) is 5.91 Å². The van der Waals surface area contributed by atoms with Gasteiger partial charge in [-0.05, 0) is 56.2 Å². The standard InChI is InChI=1S/C19H18ClN3O2S/c1-11-4-9-16(10-12(11)2)25-13(3)17(24)21-19-23-22-18(26-19)14-5-7-15(20)8-6-14/h4-10,13H,1-3H3,(H,21,23,24). The van der Waals surface area contributed by atoms with Gasteiger partial charge in [0, 0.05) is 10.6 Å². The Kier molecular flexibility index (Phi) is 5.54. The molecular weight excluding hydrogens is 370 g/mol. The number of amides is 1. The molecule has 0 spiro atoms. The lowest BCUT2D eigenvalue weighted by molar-refractivity contribution is -0.122. The summed E-state index contributed by atoms with van der Waals surface area (Å²) in [4.78, 5) is 12.3. The molecule has 0 aliphatic carbocycles. The first-order chi connectivity index (χ1) is 12.4. The van der Waals surface area contributed by atoms with Crippen LogP contribution < -0.4 is 10.1 Å². The van der Waals surface area contributed by atoms with E-state index < -0.39 is 6.10 Å². The third-order valence-corrected chi connectivity index (χ3v) is 5.05. The van der Waals surface area contributed by atoms with Gasteiger partial charge in [-0.1, -0.05) is 41.1 Å². The molecular formula is C19H18ClN3O2S. The molecule has 0 radical (unpaired) electrons. The highest BCUT2D eigenvalue weighted by Crippen LogP contribution is 2.27. The predicted molar refractivity (Wildman–Crippen MR) is 105 cm³/mol. The zero-order chi connectivity index (χ0) is 18.7. The number of halogens is 1. The molecule has 1 unspecified atom stereocenters. The van der Waals surface area contributed by atoms with Crippen LogP contribution in [0.2, 0.25) is 5.02 Å². The molecule has 0 aliphatic rings. The fourth-order valence-electron chi connectivity index (χ4n) is 2.23. The number of hydrogen-bond donors (Lipinski definition) is 1. The molecule has 0 fully saturated rings. The first kappa shape index (κ1) is 18.4. The van der Waals surface area contributed by atoms with Crippen LogP contribution in [-0.4, -0.2) is 22.2 Å². The number of rotatable bonds is 5. The molecule has 5 nitrogen and oxygen atoms in total. The number of aromatic nitrogens is 2. The molecule has 0 bridgehead atoms. The molecule has 0 saturated heterocycles. The topological polar surface area (TPSA) is 64.1 Å². The molecule has 3 rings (SSSR count). The Balaban J connectivity index is 1.64. The Morgan fingerprint density at radius 3 is 2.54 bits per heavy atom. The van der Waals surface area contributed by atoms with Crippen LogP contribution in [0.5, 0.6) is 5.75 Å². The molecule has 26 heavy (non-hydrogen) atoms. The van der Waals surface area contributed by atoms with Crippen LogP contribution in [0.3, 0.4) is 0 Å². The van der Waals surface area contributed by atoms with E-state index in [4.69, 9.17) is 16.3 Å². The number of anilines is 1. The van der Waals surface area contributed by atoms with Gasteiger partial charge < -0.3 is 4.74 Å².